The van der Waals surface area contributed by atoms with Crippen LogP contribution in [0.3, 0.4) is 0 Å². The lowest BCUT2D eigenvalue weighted by Gasteiger charge is -2.01. The molecule has 0 bridgehead atoms. The number of rotatable bonds is 4. The molecule has 0 amide bonds. The maximum atomic E-state index is 12.9. The molecule has 3 aromatic rings. The van der Waals surface area contributed by atoms with Gasteiger partial charge < -0.3 is 4.98 Å². The highest BCUT2D eigenvalue weighted by molar-refractivity contribution is 6.20. The predicted molar refractivity (Wildman–Crippen MR) is 93.7 cm³/mol. The summed E-state index contributed by atoms with van der Waals surface area (Å²) in [6.45, 7) is 5.78. The highest BCUT2D eigenvalue weighted by atomic mass is 16.1. The van der Waals surface area contributed by atoms with Crippen molar-refractivity contribution >= 4 is 22.8 Å². The van der Waals surface area contributed by atoms with E-state index >= 15 is 0 Å². The Kier molecular flexibility index (Phi) is 4.05. The molecule has 0 aliphatic carbocycles. The number of aromatic amines is 2. The summed E-state index contributed by atoms with van der Waals surface area (Å²) in [4.78, 5) is 16.0. The Labute approximate surface area is 140 Å². The molecule has 1 aromatic carbocycles. The van der Waals surface area contributed by atoms with Gasteiger partial charge in [-0.1, -0.05) is 25.1 Å². The monoisotopic (exact) mass is 318 g/mol. The van der Waals surface area contributed by atoms with Crippen LogP contribution in [0.2, 0.25) is 0 Å². The number of para-hydroxylation sites is 1. The number of nitrogens with one attached hydrogen (secondary N) is 2. The van der Waals surface area contributed by atoms with Crippen LogP contribution >= 0.6 is 0 Å². The number of hydrogen-bond donors (Lipinski definition) is 2. The first-order valence-electron chi connectivity index (χ1n) is 7.83. The van der Waals surface area contributed by atoms with Gasteiger partial charge in [-0.15, -0.1) is 0 Å². The third-order valence-corrected chi connectivity index (χ3v) is 4.27. The molecule has 0 fully saturated rings. The molecular weight excluding hydrogens is 300 g/mol. The fourth-order valence-corrected chi connectivity index (χ4v) is 2.91. The summed E-state index contributed by atoms with van der Waals surface area (Å²) in [7, 11) is 0. The number of aryl methyl sites for hydroxylation is 3. The van der Waals surface area contributed by atoms with Crippen LogP contribution in [0.5, 0.6) is 0 Å². The minimum absolute atomic E-state index is 0.102. The second kappa shape index (κ2) is 6.17. The third-order valence-electron chi connectivity index (χ3n) is 4.27. The summed E-state index contributed by atoms with van der Waals surface area (Å²) in [6.07, 6.45) is 4.17. The lowest BCUT2D eigenvalue weighted by Crippen LogP contribution is -2.01. The van der Waals surface area contributed by atoms with Crippen molar-refractivity contribution in [2.45, 2.75) is 27.2 Å². The minimum Gasteiger partial charge on any atom is -0.360 e. The van der Waals surface area contributed by atoms with Gasteiger partial charge in [-0.25, -0.2) is 0 Å². The van der Waals surface area contributed by atoms with E-state index in [1.807, 2.05) is 38.1 Å². The molecule has 0 aliphatic rings. The van der Waals surface area contributed by atoms with E-state index in [0.29, 0.717) is 5.56 Å². The van der Waals surface area contributed by atoms with Gasteiger partial charge in [0, 0.05) is 33.9 Å². The molecule has 0 spiro atoms. The Bertz CT molecular complexity index is 979. The normalized spacial score (nSPS) is 11.7. The van der Waals surface area contributed by atoms with Crippen molar-refractivity contribution in [2.75, 3.05) is 0 Å². The number of allylic oxidation sites excluding steroid dienone is 1. The molecule has 24 heavy (non-hydrogen) atoms. The fourth-order valence-electron chi connectivity index (χ4n) is 2.91. The number of aromatic nitrogens is 3. The Morgan fingerprint density at radius 1 is 1.38 bits per heavy atom. The molecule has 2 N–H and O–H groups in total. The molecule has 120 valence electrons. The molecule has 5 nitrogen and oxygen atoms in total. The molecule has 5 heteroatoms. The van der Waals surface area contributed by atoms with E-state index in [9.17, 15) is 10.1 Å². The third kappa shape index (κ3) is 2.52. The van der Waals surface area contributed by atoms with Crippen LogP contribution in [-0.4, -0.2) is 21.0 Å². The summed E-state index contributed by atoms with van der Waals surface area (Å²) in [5.74, 6) is -0.281. The number of benzene rings is 1. The highest BCUT2D eigenvalue weighted by Crippen LogP contribution is 2.25. The van der Waals surface area contributed by atoms with Gasteiger partial charge >= 0.3 is 0 Å². The van der Waals surface area contributed by atoms with Crippen molar-refractivity contribution < 1.29 is 4.79 Å². The second-order valence-electron chi connectivity index (χ2n) is 5.74. The summed E-state index contributed by atoms with van der Waals surface area (Å²) < 4.78 is 0. The van der Waals surface area contributed by atoms with Crippen molar-refractivity contribution in [3.63, 3.8) is 0 Å². The first kappa shape index (κ1) is 15.8. The maximum Gasteiger partial charge on any atom is 0.205 e. The standard InChI is InChI=1S/C19H18N4O/c1-4-13-6-5-7-15-17(10-21-18(13)15)19(24)14(9-20)8-16-11(2)22-23-12(16)3/h5-8,10,21H,4H2,1-3H3,(H,22,23). The maximum absolute atomic E-state index is 12.9. The number of carbonyl (C=O) groups excluding carboxylic acids is 1. The van der Waals surface area contributed by atoms with Gasteiger partial charge in [0.25, 0.3) is 0 Å². The first-order valence-corrected chi connectivity index (χ1v) is 7.83. The van der Waals surface area contributed by atoms with E-state index in [1.165, 1.54) is 0 Å². The second-order valence-corrected chi connectivity index (χ2v) is 5.74. The molecule has 0 atom stereocenters. The van der Waals surface area contributed by atoms with Crippen LogP contribution in [0.1, 0.15) is 39.8 Å². The lowest BCUT2D eigenvalue weighted by atomic mass is 9.99. The van der Waals surface area contributed by atoms with Gasteiger partial charge in [-0.2, -0.15) is 10.4 Å². The van der Waals surface area contributed by atoms with E-state index in [2.05, 4.69) is 22.1 Å². The van der Waals surface area contributed by atoms with Crippen molar-refractivity contribution in [2.24, 2.45) is 0 Å². The number of carbonyl (C=O) groups is 1. The number of nitriles is 1. The number of nitrogens with zero attached hydrogens (tertiary/aromatic N) is 2. The summed E-state index contributed by atoms with van der Waals surface area (Å²) in [6, 6.07) is 7.91. The zero-order valence-corrected chi connectivity index (χ0v) is 13.9. The van der Waals surface area contributed by atoms with Crippen molar-refractivity contribution in [3.8, 4) is 6.07 Å². The molecule has 2 aromatic heterocycles. The van der Waals surface area contributed by atoms with Crippen molar-refractivity contribution in [1.29, 1.82) is 5.26 Å². The van der Waals surface area contributed by atoms with E-state index < -0.39 is 0 Å². The van der Waals surface area contributed by atoms with E-state index in [1.54, 1.807) is 12.3 Å². The smallest absolute Gasteiger partial charge is 0.205 e. The van der Waals surface area contributed by atoms with E-state index in [0.717, 1.165) is 39.8 Å². The zero-order chi connectivity index (χ0) is 17.3. The topological polar surface area (TPSA) is 85.3 Å². The first-order chi connectivity index (χ1) is 11.6. The van der Waals surface area contributed by atoms with E-state index in [-0.39, 0.29) is 11.4 Å². The number of hydrogen-bond acceptors (Lipinski definition) is 3. The Hall–Kier alpha value is -3.13. The van der Waals surface area contributed by atoms with Crippen molar-refractivity contribution in [1.82, 2.24) is 15.2 Å². The average Bonchev–Trinajstić information content (AvgIpc) is 3.16. The lowest BCUT2D eigenvalue weighted by molar-refractivity contribution is 0.104. The number of H-pyrrole nitrogens is 2. The van der Waals surface area contributed by atoms with Crippen LogP contribution in [0, 0.1) is 25.2 Å². The molecular formula is C19H18N4O. The molecule has 0 radical (unpaired) electrons. The molecule has 0 saturated heterocycles. The summed E-state index contributed by atoms with van der Waals surface area (Å²) in [5.41, 5.74) is 5.11. The van der Waals surface area contributed by atoms with Gasteiger partial charge in [0.05, 0.1) is 5.69 Å². The Balaban J connectivity index is 2.10. The van der Waals surface area contributed by atoms with Crippen LogP contribution in [0.4, 0.5) is 0 Å². The van der Waals surface area contributed by atoms with Gasteiger partial charge in [0.2, 0.25) is 5.78 Å². The minimum atomic E-state index is -0.281. The molecule has 3 rings (SSSR count). The molecule has 0 unspecified atom stereocenters. The summed E-state index contributed by atoms with van der Waals surface area (Å²) >= 11 is 0. The van der Waals surface area contributed by atoms with Crippen LogP contribution in [0.25, 0.3) is 17.0 Å². The molecule has 0 saturated carbocycles. The Morgan fingerprint density at radius 3 is 2.79 bits per heavy atom. The average molecular weight is 318 g/mol. The predicted octanol–water partition coefficient (Wildman–Crippen LogP) is 3.86. The highest BCUT2D eigenvalue weighted by Gasteiger charge is 2.18. The number of ketones is 1. The quantitative estimate of drug-likeness (QED) is 0.435. The largest absolute Gasteiger partial charge is 0.360 e. The van der Waals surface area contributed by atoms with Gasteiger partial charge in [0.1, 0.15) is 11.6 Å². The van der Waals surface area contributed by atoms with E-state index in [4.69, 9.17) is 0 Å². The van der Waals surface area contributed by atoms with Gasteiger partial charge in [-0.3, -0.25) is 9.89 Å². The zero-order valence-electron chi connectivity index (χ0n) is 13.9. The van der Waals surface area contributed by atoms with Gasteiger partial charge in [0.15, 0.2) is 0 Å². The molecule has 0 aliphatic heterocycles. The van der Waals surface area contributed by atoms with Crippen molar-refractivity contribution in [3.05, 3.63) is 58.0 Å². The van der Waals surface area contributed by atoms with Crippen LogP contribution in [-0.2, 0) is 6.42 Å². The van der Waals surface area contributed by atoms with Gasteiger partial charge in [-0.05, 0) is 31.9 Å². The molecule has 2 heterocycles. The number of Topliss-reactive ketones (excluding diaryl/α,β-unsaturated/α-hetero) is 1. The Morgan fingerprint density at radius 2 is 2.17 bits per heavy atom. The number of fused-ring (bicyclic) bond motifs is 1. The summed E-state index contributed by atoms with van der Waals surface area (Å²) in [5, 5.41) is 17.3. The van der Waals surface area contributed by atoms with Crippen LogP contribution < -0.4 is 0 Å². The fraction of sp³-hybridized carbons (Fsp3) is 0.211. The van der Waals surface area contributed by atoms with Crippen LogP contribution in [0.15, 0.2) is 30.0 Å². The SMILES string of the molecule is CCc1cccc2c(C(=O)C(C#N)=Cc3c(C)n[nH]c3C)c[nH]c12.